The SMILES string of the molecule is O=C(O)CC1(NC(=O)N2CCC(Cc3ccccc3)CC2)CC1. The number of piperidine rings is 1. The zero-order chi connectivity index (χ0) is 16.3. The first-order valence-electron chi connectivity index (χ1n) is 8.39. The first-order valence-corrected chi connectivity index (χ1v) is 8.39. The van der Waals surface area contributed by atoms with Crippen molar-refractivity contribution in [1.82, 2.24) is 10.2 Å². The Morgan fingerprint density at radius 1 is 1.17 bits per heavy atom. The lowest BCUT2D eigenvalue weighted by molar-refractivity contribution is -0.137. The lowest BCUT2D eigenvalue weighted by atomic mass is 9.90. The molecule has 0 spiro atoms. The molecule has 0 unspecified atom stereocenters. The van der Waals surface area contributed by atoms with Crippen molar-refractivity contribution in [3.8, 4) is 0 Å². The number of rotatable bonds is 5. The number of carbonyl (C=O) groups is 2. The molecule has 5 heteroatoms. The van der Waals surface area contributed by atoms with Crippen LogP contribution in [-0.4, -0.2) is 40.6 Å². The molecule has 5 nitrogen and oxygen atoms in total. The minimum atomic E-state index is -0.843. The van der Waals surface area contributed by atoms with Crippen molar-refractivity contribution in [3.05, 3.63) is 35.9 Å². The third-order valence-corrected chi connectivity index (χ3v) is 4.98. The molecule has 1 saturated carbocycles. The Kier molecular flexibility index (Phi) is 4.55. The Balaban J connectivity index is 1.45. The number of benzene rings is 1. The van der Waals surface area contributed by atoms with Crippen LogP contribution in [0.5, 0.6) is 0 Å². The molecule has 0 aromatic heterocycles. The highest BCUT2D eigenvalue weighted by molar-refractivity contribution is 5.77. The van der Waals surface area contributed by atoms with Crippen LogP contribution >= 0.6 is 0 Å². The van der Waals surface area contributed by atoms with E-state index in [1.807, 2.05) is 11.0 Å². The van der Waals surface area contributed by atoms with Gasteiger partial charge < -0.3 is 15.3 Å². The van der Waals surface area contributed by atoms with Gasteiger partial charge in [0.05, 0.1) is 12.0 Å². The molecule has 1 aliphatic carbocycles. The molecule has 2 aliphatic rings. The van der Waals surface area contributed by atoms with Gasteiger partial charge in [-0.2, -0.15) is 0 Å². The summed E-state index contributed by atoms with van der Waals surface area (Å²) >= 11 is 0. The largest absolute Gasteiger partial charge is 0.481 e. The number of hydrogen-bond donors (Lipinski definition) is 2. The molecule has 124 valence electrons. The van der Waals surface area contributed by atoms with E-state index in [-0.39, 0.29) is 12.5 Å². The van der Waals surface area contributed by atoms with Crippen molar-refractivity contribution < 1.29 is 14.7 Å². The van der Waals surface area contributed by atoms with Crippen LogP contribution in [0.3, 0.4) is 0 Å². The van der Waals surface area contributed by atoms with E-state index >= 15 is 0 Å². The van der Waals surface area contributed by atoms with Crippen molar-refractivity contribution in [2.45, 2.75) is 44.1 Å². The van der Waals surface area contributed by atoms with Crippen LogP contribution < -0.4 is 5.32 Å². The van der Waals surface area contributed by atoms with Gasteiger partial charge in [0.1, 0.15) is 0 Å². The Hall–Kier alpha value is -2.04. The van der Waals surface area contributed by atoms with Crippen LogP contribution in [-0.2, 0) is 11.2 Å². The number of nitrogens with zero attached hydrogens (tertiary/aromatic N) is 1. The third kappa shape index (κ3) is 4.24. The molecule has 0 bridgehead atoms. The average molecular weight is 316 g/mol. The van der Waals surface area contributed by atoms with Gasteiger partial charge in [0.15, 0.2) is 0 Å². The number of likely N-dealkylation sites (tertiary alicyclic amines) is 1. The fraction of sp³-hybridized carbons (Fsp3) is 0.556. The second-order valence-electron chi connectivity index (χ2n) is 6.90. The van der Waals surface area contributed by atoms with Crippen LogP contribution in [0.2, 0.25) is 0 Å². The number of carboxylic acid groups (broad SMARTS) is 1. The zero-order valence-corrected chi connectivity index (χ0v) is 13.3. The van der Waals surface area contributed by atoms with Gasteiger partial charge in [0.2, 0.25) is 0 Å². The third-order valence-electron chi connectivity index (χ3n) is 4.98. The van der Waals surface area contributed by atoms with Crippen molar-refractivity contribution in [2.24, 2.45) is 5.92 Å². The lowest BCUT2D eigenvalue weighted by Gasteiger charge is -2.33. The van der Waals surface area contributed by atoms with Crippen LogP contribution in [0.4, 0.5) is 4.79 Å². The topological polar surface area (TPSA) is 69.6 Å². The maximum absolute atomic E-state index is 12.3. The van der Waals surface area contributed by atoms with Gasteiger partial charge >= 0.3 is 12.0 Å². The van der Waals surface area contributed by atoms with E-state index in [9.17, 15) is 9.59 Å². The number of carboxylic acids is 1. The van der Waals surface area contributed by atoms with Crippen LogP contribution in [0.1, 0.15) is 37.7 Å². The molecule has 1 saturated heterocycles. The normalized spacial score (nSPS) is 20.1. The number of hydrogen-bond acceptors (Lipinski definition) is 2. The monoisotopic (exact) mass is 316 g/mol. The Bertz CT molecular complexity index is 561. The van der Waals surface area contributed by atoms with E-state index in [2.05, 4.69) is 29.6 Å². The van der Waals surface area contributed by atoms with Crippen LogP contribution in [0, 0.1) is 5.92 Å². The van der Waals surface area contributed by atoms with Gasteiger partial charge in [-0.3, -0.25) is 4.79 Å². The van der Waals surface area contributed by atoms with Crippen LogP contribution in [0.15, 0.2) is 30.3 Å². The second-order valence-corrected chi connectivity index (χ2v) is 6.90. The number of nitrogens with one attached hydrogen (secondary N) is 1. The summed E-state index contributed by atoms with van der Waals surface area (Å²) in [6, 6.07) is 10.4. The number of amides is 2. The molecule has 2 N–H and O–H groups in total. The van der Waals surface area contributed by atoms with E-state index in [0.29, 0.717) is 5.92 Å². The van der Waals surface area contributed by atoms with Crippen molar-refractivity contribution in [3.63, 3.8) is 0 Å². The van der Waals surface area contributed by atoms with Gasteiger partial charge in [-0.1, -0.05) is 30.3 Å². The smallest absolute Gasteiger partial charge is 0.317 e. The predicted molar refractivity (Wildman–Crippen MR) is 87.2 cm³/mol. The highest BCUT2D eigenvalue weighted by Gasteiger charge is 2.46. The molecule has 3 rings (SSSR count). The molecule has 1 aliphatic heterocycles. The first-order chi connectivity index (χ1) is 11.1. The van der Waals surface area contributed by atoms with Crippen LogP contribution in [0.25, 0.3) is 0 Å². The van der Waals surface area contributed by atoms with Gasteiger partial charge in [-0.05, 0) is 43.6 Å². The molecular weight excluding hydrogens is 292 g/mol. The van der Waals surface area contributed by atoms with Crippen molar-refractivity contribution in [1.29, 1.82) is 0 Å². The van der Waals surface area contributed by atoms with Gasteiger partial charge in [-0.25, -0.2) is 4.79 Å². The maximum atomic E-state index is 12.3. The summed E-state index contributed by atoms with van der Waals surface area (Å²) in [5.41, 5.74) is 0.873. The fourth-order valence-electron chi connectivity index (χ4n) is 3.38. The molecule has 2 fully saturated rings. The Labute approximate surface area is 136 Å². The molecule has 1 aromatic carbocycles. The summed E-state index contributed by atoms with van der Waals surface area (Å²) in [6.07, 6.45) is 4.66. The number of urea groups is 1. The van der Waals surface area contributed by atoms with Gasteiger partial charge in [0, 0.05) is 13.1 Å². The minimum Gasteiger partial charge on any atom is -0.481 e. The molecule has 2 amide bonds. The van der Waals surface area contributed by atoms with Crippen molar-refractivity contribution >= 4 is 12.0 Å². The minimum absolute atomic E-state index is 0.0310. The predicted octanol–water partition coefficient (Wildman–Crippen LogP) is 2.66. The standard InChI is InChI=1S/C18H24N2O3/c21-16(22)13-18(8-9-18)19-17(23)20-10-6-15(7-11-20)12-14-4-2-1-3-5-14/h1-5,15H,6-13H2,(H,19,23)(H,21,22). The summed E-state index contributed by atoms with van der Waals surface area (Å²) in [4.78, 5) is 25.0. The zero-order valence-electron chi connectivity index (χ0n) is 13.3. The van der Waals surface area contributed by atoms with E-state index in [1.54, 1.807) is 0 Å². The quantitative estimate of drug-likeness (QED) is 0.877. The summed E-state index contributed by atoms with van der Waals surface area (Å²) in [7, 11) is 0. The number of carbonyl (C=O) groups excluding carboxylic acids is 1. The van der Waals surface area contributed by atoms with Crippen molar-refractivity contribution in [2.75, 3.05) is 13.1 Å². The first kappa shape index (κ1) is 15.8. The highest BCUT2D eigenvalue weighted by Crippen LogP contribution is 2.39. The Morgan fingerprint density at radius 2 is 1.83 bits per heavy atom. The average Bonchev–Trinajstić information content (AvgIpc) is 3.27. The molecule has 1 aromatic rings. The molecular formula is C18H24N2O3. The summed E-state index contributed by atoms with van der Waals surface area (Å²) < 4.78 is 0. The summed E-state index contributed by atoms with van der Waals surface area (Å²) in [6.45, 7) is 1.51. The van der Waals surface area contributed by atoms with Gasteiger partial charge in [0.25, 0.3) is 0 Å². The molecule has 0 atom stereocenters. The number of aliphatic carboxylic acids is 1. The maximum Gasteiger partial charge on any atom is 0.317 e. The summed E-state index contributed by atoms with van der Waals surface area (Å²) in [5.74, 6) is -0.222. The molecule has 23 heavy (non-hydrogen) atoms. The highest BCUT2D eigenvalue weighted by atomic mass is 16.4. The van der Waals surface area contributed by atoms with E-state index in [0.717, 1.165) is 45.2 Å². The Morgan fingerprint density at radius 3 is 2.39 bits per heavy atom. The fourth-order valence-corrected chi connectivity index (χ4v) is 3.38. The lowest BCUT2D eigenvalue weighted by Crippen LogP contribution is -2.49. The molecule has 0 radical (unpaired) electrons. The van der Waals surface area contributed by atoms with E-state index < -0.39 is 11.5 Å². The van der Waals surface area contributed by atoms with E-state index in [1.165, 1.54) is 5.56 Å². The second kappa shape index (κ2) is 6.60. The van der Waals surface area contributed by atoms with E-state index in [4.69, 9.17) is 5.11 Å². The van der Waals surface area contributed by atoms with Gasteiger partial charge in [-0.15, -0.1) is 0 Å². The molecule has 1 heterocycles. The summed E-state index contributed by atoms with van der Waals surface area (Å²) in [5, 5.41) is 11.9.